The Labute approximate surface area is 106 Å². The molecule has 1 aromatic rings. The number of nitrogen functional groups attached to an aromatic ring is 1. The fraction of sp³-hybridized carbons (Fsp3) is 0.364. The van der Waals surface area contributed by atoms with Gasteiger partial charge in [0.1, 0.15) is 13.2 Å². The molecule has 0 radical (unpaired) electrons. The van der Waals surface area contributed by atoms with E-state index in [0.29, 0.717) is 0 Å². The lowest BCUT2D eigenvalue weighted by Crippen LogP contribution is -2.34. The molecule has 1 amide bonds. The van der Waals surface area contributed by atoms with Crippen LogP contribution in [0.1, 0.15) is 0 Å². The molecule has 106 valence electrons. The summed E-state index contributed by atoms with van der Waals surface area (Å²) in [5, 5.41) is 2.30. The largest absolute Gasteiger partial charge is 0.397 e. The van der Waals surface area contributed by atoms with Crippen molar-refractivity contribution in [1.29, 1.82) is 0 Å². The molecule has 0 saturated heterocycles. The summed E-state index contributed by atoms with van der Waals surface area (Å²) in [4.78, 5) is 11.3. The van der Waals surface area contributed by atoms with Crippen LogP contribution in [0.5, 0.6) is 0 Å². The Hall–Kier alpha value is -1.83. The van der Waals surface area contributed by atoms with Gasteiger partial charge in [0.25, 0.3) is 0 Å². The summed E-state index contributed by atoms with van der Waals surface area (Å²) in [5.41, 5.74) is 6.11. The van der Waals surface area contributed by atoms with E-state index in [-0.39, 0.29) is 11.4 Å². The monoisotopic (exact) mass is 280 g/mol. The molecule has 8 heteroatoms. The maximum absolute atomic E-state index is 12.5. The number of nitrogens with two attached hydrogens (primary N) is 1. The molecule has 4 nitrogen and oxygen atoms in total. The number of para-hydroxylation sites is 2. The van der Waals surface area contributed by atoms with E-state index in [2.05, 4.69) is 10.1 Å². The van der Waals surface area contributed by atoms with Gasteiger partial charge >= 0.3 is 12.3 Å². The van der Waals surface area contributed by atoms with Gasteiger partial charge in [-0.25, -0.2) is 8.78 Å². The number of ether oxygens (including phenoxy) is 1. The molecule has 19 heavy (non-hydrogen) atoms. The van der Waals surface area contributed by atoms with Crippen LogP contribution in [0, 0.1) is 0 Å². The Kier molecular flexibility index (Phi) is 5.11. The molecule has 0 atom stereocenters. The summed E-state index contributed by atoms with van der Waals surface area (Å²) in [6, 6.07) is 6.28. The molecule has 0 unspecified atom stereocenters. The maximum Gasteiger partial charge on any atom is 0.330 e. The third kappa shape index (κ3) is 4.74. The molecule has 0 aliphatic carbocycles. The minimum absolute atomic E-state index is 0.286. The van der Waals surface area contributed by atoms with Gasteiger partial charge < -0.3 is 15.8 Å². The van der Waals surface area contributed by atoms with Crippen LogP contribution in [0.15, 0.2) is 24.3 Å². The fourth-order valence-electron chi connectivity index (χ4n) is 1.14. The first kappa shape index (κ1) is 15.2. The number of carbonyl (C=O) groups is 1. The van der Waals surface area contributed by atoms with Crippen LogP contribution in [0.2, 0.25) is 0 Å². The van der Waals surface area contributed by atoms with E-state index in [1.54, 1.807) is 12.1 Å². The van der Waals surface area contributed by atoms with E-state index in [0.717, 1.165) is 0 Å². The number of alkyl halides is 4. The van der Waals surface area contributed by atoms with E-state index in [4.69, 9.17) is 5.73 Å². The van der Waals surface area contributed by atoms with Crippen molar-refractivity contribution >= 4 is 17.3 Å². The van der Waals surface area contributed by atoms with Gasteiger partial charge in [0, 0.05) is 0 Å². The van der Waals surface area contributed by atoms with Crippen molar-refractivity contribution in [1.82, 2.24) is 0 Å². The second-order valence-electron chi connectivity index (χ2n) is 3.69. The van der Waals surface area contributed by atoms with Crippen LogP contribution < -0.4 is 11.1 Å². The van der Waals surface area contributed by atoms with Crippen molar-refractivity contribution in [2.75, 3.05) is 24.3 Å². The van der Waals surface area contributed by atoms with Gasteiger partial charge in [-0.2, -0.15) is 8.78 Å². The van der Waals surface area contributed by atoms with Crippen molar-refractivity contribution in [2.24, 2.45) is 0 Å². The minimum Gasteiger partial charge on any atom is -0.397 e. The predicted molar refractivity (Wildman–Crippen MR) is 61.3 cm³/mol. The Morgan fingerprint density at radius 2 is 2.00 bits per heavy atom. The molecule has 0 bridgehead atoms. The molecular formula is C11H12F4N2O2. The third-order valence-corrected chi connectivity index (χ3v) is 2.08. The van der Waals surface area contributed by atoms with Gasteiger partial charge in [0.2, 0.25) is 5.91 Å². The molecule has 0 aromatic heterocycles. The first-order valence-corrected chi connectivity index (χ1v) is 5.21. The second kappa shape index (κ2) is 6.37. The summed E-state index contributed by atoms with van der Waals surface area (Å²) in [6.45, 7) is -2.29. The predicted octanol–water partition coefficient (Wildman–Crippen LogP) is 2.12. The quantitative estimate of drug-likeness (QED) is 0.619. The smallest absolute Gasteiger partial charge is 0.330 e. The van der Waals surface area contributed by atoms with Gasteiger partial charge in [-0.05, 0) is 12.1 Å². The molecule has 0 spiro atoms. The zero-order valence-electron chi connectivity index (χ0n) is 9.71. The summed E-state index contributed by atoms with van der Waals surface area (Å²) in [6.07, 6.45) is -3.83. The molecule has 0 fully saturated rings. The SMILES string of the molecule is Nc1ccccc1NC(=O)COCC(F)(F)C(F)F. The zero-order valence-corrected chi connectivity index (χ0v) is 9.71. The zero-order chi connectivity index (χ0) is 14.5. The van der Waals surface area contributed by atoms with Gasteiger partial charge in [-0.1, -0.05) is 12.1 Å². The van der Waals surface area contributed by atoms with E-state index < -0.39 is 31.5 Å². The average molecular weight is 280 g/mol. The summed E-state index contributed by atoms with van der Waals surface area (Å²) >= 11 is 0. The van der Waals surface area contributed by atoms with E-state index in [1.807, 2.05) is 0 Å². The highest BCUT2D eigenvalue weighted by Crippen LogP contribution is 2.22. The highest BCUT2D eigenvalue weighted by Gasteiger charge is 2.41. The van der Waals surface area contributed by atoms with E-state index >= 15 is 0 Å². The van der Waals surface area contributed by atoms with Crippen LogP contribution in [0.3, 0.4) is 0 Å². The second-order valence-corrected chi connectivity index (χ2v) is 3.69. The van der Waals surface area contributed by atoms with Crippen molar-refractivity contribution in [3.05, 3.63) is 24.3 Å². The van der Waals surface area contributed by atoms with Crippen LogP contribution in [0.25, 0.3) is 0 Å². The Bertz CT molecular complexity index is 440. The maximum atomic E-state index is 12.5. The number of carbonyl (C=O) groups excluding carboxylic acids is 1. The van der Waals surface area contributed by atoms with E-state index in [9.17, 15) is 22.4 Å². The summed E-state index contributed by atoms with van der Waals surface area (Å²) in [7, 11) is 0. The van der Waals surface area contributed by atoms with Gasteiger partial charge in [-0.3, -0.25) is 4.79 Å². The number of anilines is 2. The highest BCUT2D eigenvalue weighted by molar-refractivity contribution is 5.94. The van der Waals surface area contributed by atoms with Crippen LogP contribution in [-0.2, 0) is 9.53 Å². The lowest BCUT2D eigenvalue weighted by Gasteiger charge is -2.15. The van der Waals surface area contributed by atoms with Crippen molar-refractivity contribution in [3.8, 4) is 0 Å². The number of nitrogens with one attached hydrogen (secondary N) is 1. The van der Waals surface area contributed by atoms with Crippen LogP contribution >= 0.6 is 0 Å². The molecule has 0 saturated carbocycles. The topological polar surface area (TPSA) is 64.3 Å². The van der Waals surface area contributed by atoms with Crippen molar-refractivity contribution in [3.63, 3.8) is 0 Å². The minimum atomic E-state index is -4.27. The average Bonchev–Trinajstić information content (AvgIpc) is 2.31. The number of rotatable bonds is 6. The fourth-order valence-corrected chi connectivity index (χ4v) is 1.14. The number of amides is 1. The Morgan fingerprint density at radius 1 is 1.37 bits per heavy atom. The molecule has 0 aliphatic heterocycles. The normalized spacial score (nSPS) is 11.6. The lowest BCUT2D eigenvalue weighted by atomic mass is 10.3. The number of halogens is 4. The van der Waals surface area contributed by atoms with Gasteiger partial charge in [0.05, 0.1) is 11.4 Å². The number of hydrogen-bond acceptors (Lipinski definition) is 3. The number of hydrogen-bond donors (Lipinski definition) is 2. The van der Waals surface area contributed by atoms with Crippen molar-refractivity contribution in [2.45, 2.75) is 12.3 Å². The first-order chi connectivity index (χ1) is 8.83. The van der Waals surface area contributed by atoms with Crippen molar-refractivity contribution < 1.29 is 27.1 Å². The Balaban J connectivity index is 2.39. The number of benzene rings is 1. The molecule has 0 aliphatic rings. The molecular weight excluding hydrogens is 268 g/mol. The molecule has 1 rings (SSSR count). The van der Waals surface area contributed by atoms with E-state index in [1.165, 1.54) is 12.1 Å². The first-order valence-electron chi connectivity index (χ1n) is 5.21. The standard InChI is InChI=1S/C11H12F4N2O2/c12-10(13)11(14,15)6-19-5-9(18)17-8-4-2-1-3-7(8)16/h1-4,10H,5-6,16H2,(H,17,18). The summed E-state index contributed by atoms with van der Waals surface area (Å²) < 4.78 is 52.8. The van der Waals surface area contributed by atoms with Crippen LogP contribution in [0.4, 0.5) is 28.9 Å². The van der Waals surface area contributed by atoms with Gasteiger partial charge in [-0.15, -0.1) is 0 Å². The summed E-state index contributed by atoms with van der Waals surface area (Å²) in [5.74, 6) is -5.03. The molecule has 1 aromatic carbocycles. The van der Waals surface area contributed by atoms with Gasteiger partial charge in [0.15, 0.2) is 0 Å². The molecule has 3 N–H and O–H groups in total. The third-order valence-electron chi connectivity index (χ3n) is 2.08. The van der Waals surface area contributed by atoms with Crippen LogP contribution in [-0.4, -0.2) is 31.5 Å². The molecule has 0 heterocycles. The lowest BCUT2D eigenvalue weighted by molar-refractivity contribution is -0.167. The highest BCUT2D eigenvalue weighted by atomic mass is 19.3. The Morgan fingerprint density at radius 3 is 2.58 bits per heavy atom.